The first kappa shape index (κ1) is 12.9. The number of nitrogens with two attached hydrogens (primary N) is 1. The van der Waals surface area contributed by atoms with Crippen molar-refractivity contribution in [2.75, 3.05) is 6.54 Å². The zero-order valence-electron chi connectivity index (χ0n) is 11.0. The molecule has 2 unspecified atom stereocenters. The summed E-state index contributed by atoms with van der Waals surface area (Å²) in [7, 11) is 0. The summed E-state index contributed by atoms with van der Waals surface area (Å²) in [5.74, 6) is 0.467. The molecule has 17 heavy (non-hydrogen) atoms. The molecule has 1 amide bonds. The van der Waals surface area contributed by atoms with E-state index in [-0.39, 0.29) is 12.0 Å². The predicted octanol–water partition coefficient (Wildman–Crippen LogP) is 2.29. The molecule has 0 aromatic rings. The van der Waals surface area contributed by atoms with E-state index in [2.05, 4.69) is 11.8 Å². The van der Waals surface area contributed by atoms with Crippen LogP contribution >= 0.6 is 0 Å². The maximum absolute atomic E-state index is 12.5. The lowest BCUT2D eigenvalue weighted by Gasteiger charge is -2.33. The molecule has 0 saturated heterocycles. The topological polar surface area (TPSA) is 46.3 Å². The van der Waals surface area contributed by atoms with Crippen LogP contribution in [-0.2, 0) is 4.79 Å². The van der Waals surface area contributed by atoms with Crippen molar-refractivity contribution in [2.45, 2.75) is 70.4 Å². The van der Waals surface area contributed by atoms with E-state index in [1.165, 1.54) is 25.7 Å². The van der Waals surface area contributed by atoms with Gasteiger partial charge in [-0.25, -0.2) is 0 Å². The van der Waals surface area contributed by atoms with E-state index in [1.807, 2.05) is 0 Å². The Labute approximate surface area is 105 Å². The van der Waals surface area contributed by atoms with Gasteiger partial charge >= 0.3 is 0 Å². The molecule has 0 heterocycles. The van der Waals surface area contributed by atoms with Gasteiger partial charge in [0.15, 0.2) is 0 Å². The number of unbranched alkanes of at least 4 members (excludes halogenated alkanes) is 1. The quantitative estimate of drug-likeness (QED) is 0.799. The molecule has 2 atom stereocenters. The number of rotatable bonds is 5. The first-order chi connectivity index (χ1) is 8.24. The highest BCUT2D eigenvalue weighted by molar-refractivity contribution is 5.80. The third-order valence-electron chi connectivity index (χ3n) is 4.16. The average Bonchev–Trinajstić information content (AvgIpc) is 3.14. The van der Waals surface area contributed by atoms with Gasteiger partial charge in [0.2, 0.25) is 5.91 Å². The van der Waals surface area contributed by atoms with E-state index in [0.29, 0.717) is 11.9 Å². The fraction of sp³-hybridized carbons (Fsp3) is 0.929. The number of hydrogen-bond acceptors (Lipinski definition) is 2. The molecule has 0 aliphatic heterocycles. The van der Waals surface area contributed by atoms with Gasteiger partial charge in [0, 0.05) is 18.6 Å². The fourth-order valence-corrected chi connectivity index (χ4v) is 2.87. The maximum atomic E-state index is 12.5. The van der Waals surface area contributed by atoms with E-state index in [4.69, 9.17) is 5.73 Å². The molecule has 2 aliphatic rings. The van der Waals surface area contributed by atoms with E-state index < -0.39 is 0 Å². The van der Waals surface area contributed by atoms with Crippen LogP contribution in [0.25, 0.3) is 0 Å². The summed E-state index contributed by atoms with van der Waals surface area (Å²) < 4.78 is 0. The third-order valence-corrected chi connectivity index (χ3v) is 4.16. The van der Waals surface area contributed by atoms with Crippen molar-refractivity contribution in [3.05, 3.63) is 0 Å². The summed E-state index contributed by atoms with van der Waals surface area (Å²) in [5, 5.41) is 0. The minimum Gasteiger partial charge on any atom is -0.339 e. The van der Waals surface area contributed by atoms with Crippen molar-refractivity contribution >= 4 is 5.91 Å². The Morgan fingerprint density at radius 2 is 1.94 bits per heavy atom. The largest absolute Gasteiger partial charge is 0.339 e. The second-order valence-electron chi connectivity index (χ2n) is 5.67. The van der Waals surface area contributed by atoms with Gasteiger partial charge in [0.1, 0.15) is 0 Å². The number of hydrogen-bond donors (Lipinski definition) is 1. The molecule has 3 nitrogen and oxygen atoms in total. The van der Waals surface area contributed by atoms with Gasteiger partial charge in [-0.3, -0.25) is 4.79 Å². The van der Waals surface area contributed by atoms with Gasteiger partial charge in [-0.2, -0.15) is 0 Å². The highest BCUT2D eigenvalue weighted by Crippen LogP contribution is 2.32. The molecule has 0 aromatic carbocycles. The van der Waals surface area contributed by atoms with Crippen LogP contribution in [0.15, 0.2) is 0 Å². The van der Waals surface area contributed by atoms with Crippen LogP contribution < -0.4 is 5.73 Å². The molecule has 2 aliphatic carbocycles. The lowest BCUT2D eigenvalue weighted by Crippen LogP contribution is -2.46. The predicted molar refractivity (Wildman–Crippen MR) is 69.6 cm³/mol. The zero-order chi connectivity index (χ0) is 12.3. The lowest BCUT2D eigenvalue weighted by atomic mass is 9.84. The Morgan fingerprint density at radius 1 is 1.24 bits per heavy atom. The Bertz CT molecular complexity index is 263. The van der Waals surface area contributed by atoms with Crippen LogP contribution in [0.4, 0.5) is 0 Å². The van der Waals surface area contributed by atoms with Crippen molar-refractivity contribution in [2.24, 2.45) is 11.7 Å². The second-order valence-corrected chi connectivity index (χ2v) is 5.67. The van der Waals surface area contributed by atoms with Gasteiger partial charge in [-0.05, 0) is 32.1 Å². The van der Waals surface area contributed by atoms with Crippen molar-refractivity contribution in [3.8, 4) is 0 Å². The molecule has 2 saturated carbocycles. The number of nitrogens with zero attached hydrogens (tertiary/aromatic N) is 1. The standard InChI is InChI=1S/C14H26N2O/c1-2-3-10-16(11-8-9-11)14(17)12-6-4-5-7-13(12)15/h11-13H,2-10,15H2,1H3. The summed E-state index contributed by atoms with van der Waals surface area (Å²) in [6.07, 6.45) is 9.12. The Morgan fingerprint density at radius 3 is 2.53 bits per heavy atom. The molecule has 0 aromatic heterocycles. The SMILES string of the molecule is CCCCN(C(=O)C1CCCCC1N)C1CC1. The fourth-order valence-electron chi connectivity index (χ4n) is 2.87. The molecule has 0 spiro atoms. The van der Waals surface area contributed by atoms with Crippen LogP contribution in [-0.4, -0.2) is 29.4 Å². The molecule has 2 rings (SSSR count). The molecule has 0 bridgehead atoms. The highest BCUT2D eigenvalue weighted by Gasteiger charge is 2.37. The number of amides is 1. The molecule has 98 valence electrons. The Hall–Kier alpha value is -0.570. The minimum absolute atomic E-state index is 0.110. The van der Waals surface area contributed by atoms with Crippen LogP contribution in [0.3, 0.4) is 0 Å². The second kappa shape index (κ2) is 5.85. The third kappa shape index (κ3) is 3.21. The molecular formula is C14H26N2O. The minimum atomic E-state index is 0.110. The molecule has 0 radical (unpaired) electrons. The summed E-state index contributed by atoms with van der Waals surface area (Å²) >= 11 is 0. The summed E-state index contributed by atoms with van der Waals surface area (Å²) in [6.45, 7) is 3.13. The van der Waals surface area contributed by atoms with Crippen molar-refractivity contribution in [3.63, 3.8) is 0 Å². The van der Waals surface area contributed by atoms with Crippen LogP contribution in [0, 0.1) is 5.92 Å². The van der Waals surface area contributed by atoms with Gasteiger partial charge < -0.3 is 10.6 Å². The highest BCUT2D eigenvalue weighted by atomic mass is 16.2. The molecular weight excluding hydrogens is 212 g/mol. The van der Waals surface area contributed by atoms with Crippen LogP contribution in [0.1, 0.15) is 58.3 Å². The van der Waals surface area contributed by atoms with Crippen LogP contribution in [0.2, 0.25) is 0 Å². The van der Waals surface area contributed by atoms with Crippen molar-refractivity contribution < 1.29 is 4.79 Å². The van der Waals surface area contributed by atoms with E-state index in [9.17, 15) is 4.79 Å². The lowest BCUT2D eigenvalue weighted by molar-refractivity contribution is -0.137. The van der Waals surface area contributed by atoms with Gasteiger partial charge in [-0.1, -0.05) is 26.2 Å². The van der Waals surface area contributed by atoms with E-state index >= 15 is 0 Å². The average molecular weight is 238 g/mol. The summed E-state index contributed by atoms with van der Waals surface area (Å²) in [4.78, 5) is 14.7. The maximum Gasteiger partial charge on any atom is 0.227 e. The smallest absolute Gasteiger partial charge is 0.227 e. The summed E-state index contributed by atoms with van der Waals surface area (Å²) in [6, 6.07) is 0.655. The first-order valence-electron chi connectivity index (χ1n) is 7.30. The zero-order valence-corrected chi connectivity index (χ0v) is 11.0. The van der Waals surface area contributed by atoms with Crippen molar-refractivity contribution in [1.82, 2.24) is 4.90 Å². The number of carbonyl (C=O) groups is 1. The van der Waals surface area contributed by atoms with E-state index in [1.54, 1.807) is 0 Å². The molecule has 3 heteroatoms. The van der Waals surface area contributed by atoms with Crippen LogP contribution in [0.5, 0.6) is 0 Å². The summed E-state index contributed by atoms with van der Waals surface area (Å²) in [5.41, 5.74) is 6.12. The molecule has 2 N–H and O–H groups in total. The van der Waals surface area contributed by atoms with Gasteiger partial charge in [0.05, 0.1) is 5.92 Å². The normalized spacial score (nSPS) is 29.1. The Balaban J connectivity index is 1.94. The molecule has 2 fully saturated rings. The first-order valence-corrected chi connectivity index (χ1v) is 7.30. The van der Waals surface area contributed by atoms with Gasteiger partial charge in [-0.15, -0.1) is 0 Å². The monoisotopic (exact) mass is 238 g/mol. The van der Waals surface area contributed by atoms with Crippen molar-refractivity contribution in [1.29, 1.82) is 0 Å². The van der Waals surface area contributed by atoms with E-state index in [0.717, 1.165) is 32.2 Å². The number of carbonyl (C=O) groups excluding carboxylic acids is 1. The Kier molecular flexibility index (Phi) is 4.43. The van der Waals surface area contributed by atoms with Gasteiger partial charge in [0.25, 0.3) is 0 Å².